The number of rotatable bonds is 2. The molecule has 0 spiro atoms. The number of hydrogen-bond acceptors (Lipinski definition) is 5. The van der Waals surface area contributed by atoms with Gasteiger partial charge in [0.25, 0.3) is 0 Å². The van der Waals surface area contributed by atoms with Crippen molar-refractivity contribution < 1.29 is 4.39 Å². The van der Waals surface area contributed by atoms with Gasteiger partial charge in [-0.3, -0.25) is 0 Å². The molecule has 1 saturated heterocycles. The van der Waals surface area contributed by atoms with E-state index in [0.29, 0.717) is 5.92 Å². The van der Waals surface area contributed by atoms with Crippen LogP contribution in [0.1, 0.15) is 23.0 Å². The molecule has 7 nitrogen and oxygen atoms in total. The van der Waals surface area contributed by atoms with Gasteiger partial charge in [0, 0.05) is 50.8 Å². The topological polar surface area (TPSA) is 63.3 Å². The molecule has 4 aromatic rings. The molecule has 6 rings (SSSR count). The van der Waals surface area contributed by atoms with Crippen LogP contribution in [-0.2, 0) is 19.9 Å². The number of anilines is 1. The minimum Gasteiger partial charge on any atom is -0.355 e. The second kappa shape index (κ2) is 6.25. The first-order chi connectivity index (χ1) is 14.2. The summed E-state index contributed by atoms with van der Waals surface area (Å²) < 4.78 is 17.7. The Labute approximate surface area is 167 Å². The molecule has 5 heterocycles. The standard InChI is InChI=1S/C21H22FN7/c1-27-18-3-2-14(22)10-17(18)26-20(27)13-11-28(12-13)21-15-4-7-23-8-5-16(15)25-19-6-9-24-29(19)21/h2-3,6,9-10,13,23H,4-5,7-8,11-12H2,1H3. The lowest BCUT2D eigenvalue weighted by atomic mass is 9.97. The Hall–Kier alpha value is -3.00. The molecule has 2 aliphatic heterocycles. The third kappa shape index (κ3) is 2.55. The molecule has 1 aromatic carbocycles. The van der Waals surface area contributed by atoms with Crippen LogP contribution >= 0.6 is 0 Å². The number of aryl methyl sites for hydroxylation is 1. The lowest BCUT2D eigenvalue weighted by Crippen LogP contribution is -2.47. The van der Waals surface area contributed by atoms with Crippen LogP contribution in [0, 0.1) is 5.82 Å². The van der Waals surface area contributed by atoms with E-state index in [1.54, 1.807) is 6.07 Å². The highest BCUT2D eigenvalue weighted by Crippen LogP contribution is 2.35. The van der Waals surface area contributed by atoms with E-state index in [1.165, 1.54) is 29.2 Å². The van der Waals surface area contributed by atoms with Crippen molar-refractivity contribution >= 4 is 22.5 Å². The largest absolute Gasteiger partial charge is 0.355 e. The van der Waals surface area contributed by atoms with Crippen molar-refractivity contribution in [2.24, 2.45) is 7.05 Å². The molecule has 0 unspecified atom stereocenters. The van der Waals surface area contributed by atoms with Gasteiger partial charge in [-0.05, 0) is 25.1 Å². The van der Waals surface area contributed by atoms with Gasteiger partial charge >= 0.3 is 0 Å². The Kier molecular flexibility index (Phi) is 3.64. The van der Waals surface area contributed by atoms with Crippen LogP contribution in [0.2, 0.25) is 0 Å². The zero-order chi connectivity index (χ0) is 19.5. The second-order valence-corrected chi connectivity index (χ2v) is 7.98. The van der Waals surface area contributed by atoms with E-state index >= 15 is 0 Å². The third-order valence-electron chi connectivity index (χ3n) is 6.21. The number of imidazole rings is 1. The molecule has 0 aliphatic carbocycles. The molecule has 1 fully saturated rings. The van der Waals surface area contributed by atoms with E-state index in [9.17, 15) is 4.39 Å². The molecule has 0 radical (unpaired) electrons. The highest BCUT2D eigenvalue weighted by atomic mass is 19.1. The van der Waals surface area contributed by atoms with Crippen LogP contribution < -0.4 is 10.2 Å². The van der Waals surface area contributed by atoms with E-state index in [1.807, 2.05) is 23.8 Å². The Morgan fingerprint density at radius 1 is 1.10 bits per heavy atom. The summed E-state index contributed by atoms with van der Waals surface area (Å²) in [7, 11) is 2.01. The number of aromatic nitrogens is 5. The van der Waals surface area contributed by atoms with E-state index in [4.69, 9.17) is 9.97 Å². The van der Waals surface area contributed by atoms with E-state index < -0.39 is 0 Å². The summed E-state index contributed by atoms with van der Waals surface area (Å²) in [6, 6.07) is 6.79. The molecular formula is C21H22FN7. The summed E-state index contributed by atoms with van der Waals surface area (Å²) in [5.74, 6) is 2.25. The molecule has 8 heteroatoms. The number of nitrogens with zero attached hydrogens (tertiary/aromatic N) is 6. The first-order valence-corrected chi connectivity index (χ1v) is 10.1. The van der Waals surface area contributed by atoms with Crippen molar-refractivity contribution in [3.8, 4) is 0 Å². The fourth-order valence-corrected chi connectivity index (χ4v) is 4.71. The number of benzene rings is 1. The zero-order valence-electron chi connectivity index (χ0n) is 16.3. The normalized spacial score (nSPS) is 17.5. The fourth-order valence-electron chi connectivity index (χ4n) is 4.71. The van der Waals surface area contributed by atoms with Crippen LogP contribution in [-0.4, -0.2) is 50.3 Å². The lowest BCUT2D eigenvalue weighted by Gasteiger charge is -2.41. The average molecular weight is 391 g/mol. The molecule has 29 heavy (non-hydrogen) atoms. The third-order valence-corrected chi connectivity index (χ3v) is 6.21. The van der Waals surface area contributed by atoms with E-state index in [-0.39, 0.29) is 5.82 Å². The van der Waals surface area contributed by atoms with Crippen molar-refractivity contribution in [1.82, 2.24) is 29.5 Å². The van der Waals surface area contributed by atoms with Crippen molar-refractivity contribution in [3.05, 3.63) is 53.4 Å². The number of fused-ring (bicyclic) bond motifs is 3. The van der Waals surface area contributed by atoms with Gasteiger partial charge < -0.3 is 14.8 Å². The van der Waals surface area contributed by atoms with Crippen molar-refractivity contribution in [2.45, 2.75) is 18.8 Å². The molecule has 0 amide bonds. The van der Waals surface area contributed by atoms with Gasteiger partial charge in [0.2, 0.25) is 0 Å². The highest BCUT2D eigenvalue weighted by molar-refractivity contribution is 5.76. The molecule has 3 aromatic heterocycles. The molecule has 1 N–H and O–H groups in total. The van der Waals surface area contributed by atoms with Crippen molar-refractivity contribution in [3.63, 3.8) is 0 Å². The molecule has 0 saturated carbocycles. The fraction of sp³-hybridized carbons (Fsp3) is 0.381. The first kappa shape index (κ1) is 16.9. The van der Waals surface area contributed by atoms with Crippen LogP contribution in [0.15, 0.2) is 30.5 Å². The van der Waals surface area contributed by atoms with Gasteiger partial charge in [0.15, 0.2) is 5.65 Å². The van der Waals surface area contributed by atoms with Gasteiger partial charge in [0.1, 0.15) is 17.5 Å². The maximum absolute atomic E-state index is 13.6. The number of nitrogens with one attached hydrogen (secondary N) is 1. The second-order valence-electron chi connectivity index (χ2n) is 7.98. The predicted octanol–water partition coefficient (Wildman–Crippen LogP) is 2.05. The van der Waals surface area contributed by atoms with Crippen LogP contribution in [0.25, 0.3) is 16.7 Å². The average Bonchev–Trinajstić information content (AvgIpc) is 3.17. The van der Waals surface area contributed by atoms with Crippen LogP contribution in [0.3, 0.4) is 0 Å². The summed E-state index contributed by atoms with van der Waals surface area (Å²) in [6.45, 7) is 3.67. The Bertz CT molecular complexity index is 1240. The van der Waals surface area contributed by atoms with E-state index in [2.05, 4.69) is 19.9 Å². The lowest BCUT2D eigenvalue weighted by molar-refractivity contribution is 0.480. The minimum atomic E-state index is -0.244. The molecular weight excluding hydrogens is 369 g/mol. The van der Waals surface area contributed by atoms with Gasteiger partial charge in [0.05, 0.1) is 28.8 Å². The summed E-state index contributed by atoms with van der Waals surface area (Å²) in [5, 5.41) is 8.02. The monoisotopic (exact) mass is 391 g/mol. The SMILES string of the molecule is Cn1c(C2CN(c3c4c(nc5ccnn35)CCNCC4)C2)nc2cc(F)ccc21. The molecule has 0 atom stereocenters. The first-order valence-electron chi connectivity index (χ1n) is 10.1. The Balaban J connectivity index is 1.37. The summed E-state index contributed by atoms with van der Waals surface area (Å²) in [6.07, 6.45) is 3.72. The molecule has 2 aliphatic rings. The van der Waals surface area contributed by atoms with E-state index in [0.717, 1.165) is 61.5 Å². The molecule has 0 bridgehead atoms. The smallest absolute Gasteiger partial charge is 0.157 e. The van der Waals surface area contributed by atoms with Gasteiger partial charge in [-0.1, -0.05) is 0 Å². The van der Waals surface area contributed by atoms with Crippen molar-refractivity contribution in [1.29, 1.82) is 0 Å². The van der Waals surface area contributed by atoms with Crippen LogP contribution in [0.5, 0.6) is 0 Å². The maximum atomic E-state index is 13.6. The van der Waals surface area contributed by atoms with Gasteiger partial charge in [-0.15, -0.1) is 0 Å². The maximum Gasteiger partial charge on any atom is 0.157 e. The molecule has 148 valence electrons. The number of halogens is 1. The van der Waals surface area contributed by atoms with Gasteiger partial charge in [-0.25, -0.2) is 14.4 Å². The van der Waals surface area contributed by atoms with Gasteiger partial charge in [-0.2, -0.15) is 9.61 Å². The van der Waals surface area contributed by atoms with Crippen molar-refractivity contribution in [2.75, 3.05) is 31.1 Å². The van der Waals surface area contributed by atoms with Crippen LogP contribution in [0.4, 0.5) is 10.2 Å². The Morgan fingerprint density at radius 3 is 2.86 bits per heavy atom. The Morgan fingerprint density at radius 2 is 1.97 bits per heavy atom. The summed E-state index contributed by atoms with van der Waals surface area (Å²) in [5.41, 5.74) is 5.08. The quantitative estimate of drug-likeness (QED) is 0.567. The highest BCUT2D eigenvalue weighted by Gasteiger charge is 2.35. The zero-order valence-corrected chi connectivity index (χ0v) is 16.3. The summed E-state index contributed by atoms with van der Waals surface area (Å²) in [4.78, 5) is 12.0. The number of hydrogen-bond donors (Lipinski definition) is 1. The predicted molar refractivity (Wildman–Crippen MR) is 109 cm³/mol. The summed E-state index contributed by atoms with van der Waals surface area (Å²) >= 11 is 0. The minimum absolute atomic E-state index is 0.244.